The van der Waals surface area contributed by atoms with Gasteiger partial charge in [-0.25, -0.2) is 0 Å². The van der Waals surface area contributed by atoms with Crippen molar-refractivity contribution < 1.29 is 9.47 Å². The summed E-state index contributed by atoms with van der Waals surface area (Å²) in [6, 6.07) is 2.46. The fourth-order valence-electron chi connectivity index (χ4n) is 3.47. The summed E-state index contributed by atoms with van der Waals surface area (Å²) >= 11 is 0. The highest BCUT2D eigenvalue weighted by Crippen LogP contribution is 2.49. The van der Waals surface area contributed by atoms with Crippen molar-refractivity contribution in [1.82, 2.24) is 15.5 Å². The zero-order valence-corrected chi connectivity index (χ0v) is 11.6. The zero-order chi connectivity index (χ0) is 13.7. The number of aromatic amines is 1. The predicted molar refractivity (Wildman–Crippen MR) is 75.3 cm³/mol. The average molecular weight is 271 g/mol. The van der Waals surface area contributed by atoms with Crippen LogP contribution in [0.15, 0.2) is 12.3 Å². The number of nitrogens with zero attached hydrogens (tertiary/aromatic N) is 1. The highest BCUT2D eigenvalue weighted by atomic mass is 16.5. The highest BCUT2D eigenvalue weighted by molar-refractivity contribution is 5.81. The summed E-state index contributed by atoms with van der Waals surface area (Å²) in [5.41, 5.74) is 6.09. The molecule has 2 heterocycles. The van der Waals surface area contributed by atoms with Crippen molar-refractivity contribution in [1.29, 1.82) is 0 Å². The van der Waals surface area contributed by atoms with Crippen molar-refractivity contribution in [3.8, 4) is 22.8 Å². The monoisotopic (exact) mass is 271 g/mol. The molecule has 0 radical (unpaired) electrons. The third-order valence-corrected chi connectivity index (χ3v) is 4.32. The van der Waals surface area contributed by atoms with Crippen LogP contribution in [0.4, 0.5) is 0 Å². The Labute approximate surface area is 117 Å². The van der Waals surface area contributed by atoms with Crippen molar-refractivity contribution in [2.45, 2.75) is 18.9 Å². The minimum absolute atomic E-state index is 0.346. The first-order chi connectivity index (χ1) is 9.83. The van der Waals surface area contributed by atoms with Crippen molar-refractivity contribution in [2.24, 2.45) is 0 Å². The molecule has 20 heavy (non-hydrogen) atoms. The summed E-state index contributed by atoms with van der Waals surface area (Å²) in [5, 5.41) is 10.9. The lowest BCUT2D eigenvalue weighted by Crippen LogP contribution is -2.33. The molecule has 1 atom stereocenters. The van der Waals surface area contributed by atoms with Gasteiger partial charge in [0.1, 0.15) is 0 Å². The molecule has 0 saturated heterocycles. The summed E-state index contributed by atoms with van der Waals surface area (Å²) in [6.45, 7) is 1.000. The quantitative estimate of drug-likeness (QED) is 0.875. The van der Waals surface area contributed by atoms with E-state index >= 15 is 0 Å². The first-order valence-electron chi connectivity index (χ1n) is 6.87. The molecule has 1 unspecified atom stereocenters. The van der Waals surface area contributed by atoms with Crippen molar-refractivity contribution in [3.05, 3.63) is 29.0 Å². The minimum atomic E-state index is 0.346. The van der Waals surface area contributed by atoms with Gasteiger partial charge in [0.25, 0.3) is 0 Å². The van der Waals surface area contributed by atoms with Gasteiger partial charge < -0.3 is 14.8 Å². The molecule has 0 spiro atoms. The maximum absolute atomic E-state index is 5.63. The molecule has 1 aromatic carbocycles. The number of aromatic nitrogens is 2. The van der Waals surface area contributed by atoms with E-state index in [2.05, 4.69) is 21.6 Å². The number of nitrogens with one attached hydrogen (secondary N) is 2. The van der Waals surface area contributed by atoms with E-state index in [1.807, 2.05) is 6.20 Å². The normalized spacial score (nSPS) is 19.2. The fourth-order valence-corrected chi connectivity index (χ4v) is 3.47. The average Bonchev–Trinajstić information content (AvgIpc) is 2.95. The van der Waals surface area contributed by atoms with Gasteiger partial charge >= 0.3 is 0 Å². The van der Waals surface area contributed by atoms with Gasteiger partial charge in [-0.05, 0) is 42.1 Å². The molecule has 0 fully saturated rings. The van der Waals surface area contributed by atoms with Crippen LogP contribution in [0.5, 0.6) is 11.5 Å². The van der Waals surface area contributed by atoms with Gasteiger partial charge in [-0.1, -0.05) is 0 Å². The van der Waals surface area contributed by atoms with Crippen LogP contribution in [0.25, 0.3) is 11.3 Å². The van der Waals surface area contributed by atoms with Gasteiger partial charge in [0.2, 0.25) is 0 Å². The smallest absolute Gasteiger partial charge is 0.170 e. The summed E-state index contributed by atoms with van der Waals surface area (Å²) < 4.78 is 11.1. The van der Waals surface area contributed by atoms with Gasteiger partial charge in [-0.15, -0.1) is 0 Å². The lowest BCUT2D eigenvalue weighted by molar-refractivity contribution is 0.353. The molecule has 104 valence electrons. The second-order valence-corrected chi connectivity index (χ2v) is 5.29. The van der Waals surface area contributed by atoms with Gasteiger partial charge in [0.15, 0.2) is 11.5 Å². The number of fused-ring (bicyclic) bond motifs is 2. The molecule has 5 nitrogen and oxygen atoms in total. The predicted octanol–water partition coefficient (Wildman–Crippen LogP) is 1.84. The van der Waals surface area contributed by atoms with E-state index < -0.39 is 0 Å². The number of methoxy groups -OCH3 is 2. The Kier molecular flexibility index (Phi) is 2.50. The Morgan fingerprint density at radius 1 is 1.25 bits per heavy atom. The van der Waals surface area contributed by atoms with Crippen LogP contribution in [0.1, 0.15) is 22.7 Å². The Hall–Kier alpha value is -2.01. The summed E-state index contributed by atoms with van der Waals surface area (Å²) in [4.78, 5) is 0. The summed E-state index contributed by atoms with van der Waals surface area (Å²) in [7, 11) is 3.38. The molecule has 0 amide bonds. The number of rotatable bonds is 2. The minimum Gasteiger partial charge on any atom is -0.493 e. The molecule has 2 aromatic rings. The van der Waals surface area contributed by atoms with Crippen molar-refractivity contribution >= 4 is 0 Å². The number of ether oxygens (including phenoxy) is 2. The van der Waals surface area contributed by atoms with Crippen molar-refractivity contribution in [2.75, 3.05) is 20.8 Å². The van der Waals surface area contributed by atoms with E-state index in [1.54, 1.807) is 14.2 Å². The van der Waals surface area contributed by atoms with Crippen LogP contribution in [0.3, 0.4) is 0 Å². The summed E-state index contributed by atoms with van der Waals surface area (Å²) in [6.07, 6.45) is 3.90. The van der Waals surface area contributed by atoms with Gasteiger partial charge in [-0.2, -0.15) is 5.10 Å². The zero-order valence-electron chi connectivity index (χ0n) is 11.6. The van der Waals surface area contributed by atoms with Crippen LogP contribution in [-0.2, 0) is 12.8 Å². The number of benzene rings is 1. The van der Waals surface area contributed by atoms with E-state index in [-0.39, 0.29) is 0 Å². The van der Waals surface area contributed by atoms with Crippen LogP contribution >= 0.6 is 0 Å². The Bertz CT molecular complexity index is 678. The molecule has 1 aromatic heterocycles. The second kappa shape index (κ2) is 4.24. The third-order valence-electron chi connectivity index (χ3n) is 4.32. The van der Waals surface area contributed by atoms with Crippen LogP contribution in [0, 0.1) is 0 Å². The number of H-pyrrole nitrogens is 1. The second-order valence-electron chi connectivity index (χ2n) is 5.29. The van der Waals surface area contributed by atoms with Gasteiger partial charge in [0, 0.05) is 6.04 Å². The maximum atomic E-state index is 5.63. The molecule has 0 saturated carbocycles. The first kappa shape index (κ1) is 11.8. The van der Waals surface area contributed by atoms with E-state index in [1.165, 1.54) is 16.7 Å². The molecule has 5 heteroatoms. The Morgan fingerprint density at radius 3 is 2.95 bits per heavy atom. The molecule has 0 bridgehead atoms. The molecule has 2 aliphatic rings. The molecule has 2 N–H and O–H groups in total. The van der Waals surface area contributed by atoms with Crippen LogP contribution < -0.4 is 14.8 Å². The largest absolute Gasteiger partial charge is 0.493 e. The van der Waals surface area contributed by atoms with E-state index in [4.69, 9.17) is 9.47 Å². The fraction of sp³-hybridized carbons (Fsp3) is 0.400. The Morgan fingerprint density at radius 2 is 2.15 bits per heavy atom. The lowest BCUT2D eigenvalue weighted by Gasteiger charge is -2.34. The Balaban J connectivity index is 2.08. The molecular formula is C15H17N3O2. The van der Waals surface area contributed by atoms with Crippen molar-refractivity contribution in [3.63, 3.8) is 0 Å². The lowest BCUT2D eigenvalue weighted by atomic mass is 9.80. The number of hydrogen-bond donors (Lipinski definition) is 2. The molecule has 1 aliphatic carbocycles. The van der Waals surface area contributed by atoms with E-state index in [0.717, 1.165) is 42.1 Å². The highest BCUT2D eigenvalue weighted by Gasteiger charge is 2.34. The van der Waals surface area contributed by atoms with Crippen LogP contribution in [-0.4, -0.2) is 31.0 Å². The number of hydrogen-bond acceptors (Lipinski definition) is 4. The standard InChI is InChI=1S/C15H17N3O2/c1-19-11-6-8-3-4-16-10-5-9-7-17-18-14(9)13(12(8)10)15(11)20-2/h6-7,10,16H,3-5H2,1-2H3,(H,17,18). The van der Waals surface area contributed by atoms with Gasteiger partial charge in [-0.3, -0.25) is 5.10 Å². The summed E-state index contributed by atoms with van der Waals surface area (Å²) in [5.74, 6) is 1.59. The van der Waals surface area contributed by atoms with Gasteiger partial charge in [0.05, 0.1) is 31.7 Å². The van der Waals surface area contributed by atoms with E-state index in [9.17, 15) is 0 Å². The molecule has 4 rings (SSSR count). The van der Waals surface area contributed by atoms with Crippen LogP contribution in [0.2, 0.25) is 0 Å². The maximum Gasteiger partial charge on any atom is 0.170 e. The first-order valence-corrected chi connectivity index (χ1v) is 6.87. The molecule has 1 aliphatic heterocycles. The SMILES string of the molecule is COc1cc2c3c(c1OC)-c1[nH]ncc1CC3NCC2. The topological polar surface area (TPSA) is 59.2 Å². The molecular weight excluding hydrogens is 254 g/mol. The third kappa shape index (κ3) is 1.44. The van der Waals surface area contributed by atoms with E-state index in [0.29, 0.717) is 6.04 Å².